The van der Waals surface area contributed by atoms with Crippen LogP contribution >= 0.6 is 6.89 Å². The van der Waals surface area contributed by atoms with Gasteiger partial charge >= 0.3 is 0 Å². The normalized spacial score (nSPS) is 11.1. The van der Waals surface area contributed by atoms with Crippen LogP contribution in [-0.4, -0.2) is 11.6 Å². The van der Waals surface area contributed by atoms with Gasteiger partial charge in [0, 0.05) is 11.6 Å². The van der Waals surface area contributed by atoms with Crippen molar-refractivity contribution in [2.24, 2.45) is 0 Å². The Bertz CT molecular complexity index is 1210. The highest BCUT2D eigenvalue weighted by Crippen LogP contribution is 2.43. The van der Waals surface area contributed by atoms with Gasteiger partial charge in [-0.25, -0.2) is 0 Å². The number of carbonyl (C=O) groups excluding carboxylic acids is 1. The molecule has 0 aliphatic heterocycles. The molecule has 0 aliphatic carbocycles. The highest BCUT2D eigenvalue weighted by molar-refractivity contribution is 7.95. The largest absolute Gasteiger partial charge is 0.289 e. The molecule has 3 heteroatoms. The van der Waals surface area contributed by atoms with E-state index in [1.807, 2.05) is 90.7 Å². The van der Waals surface area contributed by atoms with E-state index in [9.17, 15) is 4.79 Å². The number of carbonyl (C=O) groups is 1. The zero-order valence-corrected chi connectivity index (χ0v) is 18.4. The van der Waals surface area contributed by atoms with E-state index >= 15 is 0 Å². The summed E-state index contributed by atoms with van der Waals surface area (Å²) in [6.07, 6.45) is 3.16. The molecule has 154 valence electrons. The maximum absolute atomic E-state index is 13.6. The van der Waals surface area contributed by atoms with Gasteiger partial charge < -0.3 is 0 Å². The third-order valence-corrected chi connectivity index (χ3v) is 9.31. The highest BCUT2D eigenvalue weighted by atomic mass is 31.2. The van der Waals surface area contributed by atoms with Crippen LogP contribution in [0.5, 0.6) is 0 Å². The molecule has 0 saturated heterocycles. The summed E-state index contributed by atoms with van der Waals surface area (Å²) in [6, 6.07) is 40.3. The predicted molar refractivity (Wildman–Crippen MR) is 137 cm³/mol. The first-order valence-corrected chi connectivity index (χ1v) is 12.2. The van der Waals surface area contributed by atoms with E-state index in [1.54, 1.807) is 6.08 Å². The van der Waals surface area contributed by atoms with Crippen LogP contribution in [0.15, 0.2) is 121 Å². The van der Waals surface area contributed by atoms with Crippen molar-refractivity contribution >= 4 is 40.5 Å². The fraction of sp³-hybridized carbons (Fsp3) is 0. The van der Waals surface area contributed by atoms with Gasteiger partial charge in [-0.1, -0.05) is 115 Å². The molecule has 0 spiro atoms. The summed E-state index contributed by atoms with van der Waals surface area (Å²) >= 11 is 0. The summed E-state index contributed by atoms with van der Waals surface area (Å²) in [5.41, 5.74) is 1.52. The maximum atomic E-state index is 13.6. The number of hydrogen-bond acceptors (Lipinski definition) is 2. The molecule has 0 atom stereocenters. The first-order chi connectivity index (χ1) is 15.7. The van der Waals surface area contributed by atoms with E-state index in [0.29, 0.717) is 5.56 Å². The first-order valence-electron chi connectivity index (χ1n) is 10.4. The summed E-state index contributed by atoms with van der Waals surface area (Å²) in [5.74, 6) is 1.93. The lowest BCUT2D eigenvalue weighted by Gasteiger charge is -2.28. The number of Topliss-reactive ketones (excluding diaryl/α,β-unsaturated/α-hetero) is 1. The van der Waals surface area contributed by atoms with Crippen molar-refractivity contribution in [1.82, 2.24) is 0 Å². The summed E-state index contributed by atoms with van der Waals surface area (Å²) in [4.78, 5) is 13.6. The van der Waals surface area contributed by atoms with Crippen LogP contribution in [-0.2, 0) is 0 Å². The zero-order chi connectivity index (χ0) is 22.2. The van der Waals surface area contributed by atoms with Gasteiger partial charge in [-0.05, 0) is 40.2 Å². The molecule has 0 unspecified atom stereocenters. The molecule has 0 radical (unpaired) electrons. The predicted octanol–water partition coefficient (Wildman–Crippen LogP) is 5.20. The molecule has 2 nitrogen and oxygen atoms in total. The second-order valence-electron chi connectivity index (χ2n) is 7.31. The van der Waals surface area contributed by atoms with E-state index < -0.39 is 6.89 Å². The highest BCUT2D eigenvalue weighted by Gasteiger charge is 2.26. The first kappa shape index (κ1) is 21.3. The minimum absolute atomic E-state index is 0.00861. The van der Waals surface area contributed by atoms with Crippen LogP contribution < -0.4 is 15.9 Å². The fourth-order valence-electron chi connectivity index (χ4n) is 3.80. The Morgan fingerprint density at radius 3 is 1.50 bits per heavy atom. The third-order valence-electron chi connectivity index (χ3n) is 5.35. The molecule has 4 aromatic carbocycles. The van der Waals surface area contributed by atoms with Crippen molar-refractivity contribution in [3.05, 3.63) is 132 Å². The third kappa shape index (κ3) is 4.40. The topological polar surface area (TPSA) is 40.9 Å². The van der Waals surface area contributed by atoms with E-state index in [-0.39, 0.29) is 5.78 Å². The monoisotopic (exact) mass is 431 g/mol. The molecule has 0 amide bonds. The number of hydrogen-bond donors (Lipinski definition) is 0. The molecule has 0 saturated carbocycles. The number of allylic oxidation sites excluding steroid dienone is 1. The van der Waals surface area contributed by atoms with Crippen LogP contribution in [0, 0.1) is 11.3 Å². The lowest BCUT2D eigenvalue weighted by molar-refractivity contribution is 0.107. The number of nitrogens with zero attached hydrogens (tertiary/aromatic N) is 1. The molecular formula is C29H22NOP. The molecule has 0 N–H and O–H groups in total. The Kier molecular flexibility index (Phi) is 6.61. The van der Waals surface area contributed by atoms with Gasteiger partial charge in [-0.2, -0.15) is 5.26 Å². The van der Waals surface area contributed by atoms with E-state index in [4.69, 9.17) is 5.26 Å². The number of ketones is 1. The molecule has 0 aromatic heterocycles. The van der Waals surface area contributed by atoms with E-state index in [0.717, 1.165) is 21.5 Å². The average Bonchev–Trinajstić information content (AvgIpc) is 2.88. The zero-order valence-electron chi connectivity index (χ0n) is 17.5. The van der Waals surface area contributed by atoms with Gasteiger partial charge in [0.15, 0.2) is 5.78 Å². The van der Waals surface area contributed by atoms with Gasteiger partial charge in [0.2, 0.25) is 0 Å². The van der Waals surface area contributed by atoms with Crippen LogP contribution in [0.4, 0.5) is 0 Å². The van der Waals surface area contributed by atoms with Crippen LogP contribution in [0.3, 0.4) is 0 Å². The molecule has 32 heavy (non-hydrogen) atoms. The van der Waals surface area contributed by atoms with Gasteiger partial charge in [0.05, 0.1) is 6.07 Å². The summed E-state index contributed by atoms with van der Waals surface area (Å²) in [5, 5.41) is 12.1. The van der Waals surface area contributed by atoms with Gasteiger partial charge in [0.25, 0.3) is 0 Å². The van der Waals surface area contributed by atoms with Crippen molar-refractivity contribution in [3.8, 4) is 6.07 Å². The van der Waals surface area contributed by atoms with Gasteiger partial charge in [-0.15, -0.1) is 0 Å². The lowest BCUT2D eigenvalue weighted by atomic mass is 10.1. The lowest BCUT2D eigenvalue weighted by Crippen LogP contribution is -2.28. The number of nitriles is 1. The summed E-state index contributed by atoms with van der Waals surface area (Å²) in [7, 11) is 0. The molecular weight excluding hydrogens is 409 g/mol. The Morgan fingerprint density at radius 1 is 0.656 bits per heavy atom. The Morgan fingerprint density at radius 2 is 1.09 bits per heavy atom. The summed E-state index contributed by atoms with van der Waals surface area (Å²) < 4.78 is 0. The molecule has 0 heterocycles. The summed E-state index contributed by atoms with van der Waals surface area (Å²) in [6.45, 7) is -2.34. The molecule has 4 rings (SSSR count). The van der Waals surface area contributed by atoms with Crippen LogP contribution in [0.25, 0.3) is 6.08 Å². The standard InChI is InChI=1S/C29H22NOP/c30-22-10-11-24-18-20-25(21-19-24)29(31)23-32(26-12-4-1-5-13-26,27-14-6-2-7-15-27)28-16-8-3-9-17-28/h1-21,23H/b11-10+. The number of rotatable bonds is 6. The maximum Gasteiger partial charge on any atom is 0.186 e. The molecule has 4 aromatic rings. The Balaban J connectivity index is 1.95. The Hall–Kier alpha value is -3.92. The SMILES string of the molecule is N#C/C=C/c1ccc(C(=O)C=P(c2ccccc2)(c2ccccc2)c2ccccc2)cc1. The van der Waals surface area contributed by atoms with Crippen molar-refractivity contribution in [2.45, 2.75) is 0 Å². The van der Waals surface area contributed by atoms with Crippen LogP contribution in [0.2, 0.25) is 0 Å². The molecule has 0 aliphatic rings. The van der Waals surface area contributed by atoms with Crippen molar-refractivity contribution < 1.29 is 4.79 Å². The minimum atomic E-state index is -2.34. The fourth-order valence-corrected chi connectivity index (χ4v) is 7.57. The second kappa shape index (κ2) is 9.92. The van der Waals surface area contributed by atoms with Crippen molar-refractivity contribution in [2.75, 3.05) is 0 Å². The Labute approximate surface area is 189 Å². The molecule has 0 fully saturated rings. The van der Waals surface area contributed by atoms with E-state index in [2.05, 4.69) is 36.4 Å². The van der Waals surface area contributed by atoms with Crippen LogP contribution in [0.1, 0.15) is 15.9 Å². The van der Waals surface area contributed by atoms with Crippen molar-refractivity contribution in [1.29, 1.82) is 5.26 Å². The van der Waals surface area contributed by atoms with Gasteiger partial charge in [-0.3, -0.25) is 4.79 Å². The van der Waals surface area contributed by atoms with Gasteiger partial charge in [0.1, 0.15) is 0 Å². The molecule has 0 bridgehead atoms. The smallest absolute Gasteiger partial charge is 0.186 e. The average molecular weight is 431 g/mol. The number of benzene rings is 4. The van der Waals surface area contributed by atoms with E-state index in [1.165, 1.54) is 6.08 Å². The minimum Gasteiger partial charge on any atom is -0.289 e. The second-order valence-corrected chi connectivity index (χ2v) is 10.6. The van der Waals surface area contributed by atoms with Crippen molar-refractivity contribution in [3.63, 3.8) is 0 Å². The quantitative estimate of drug-likeness (QED) is 0.239.